The van der Waals surface area contributed by atoms with Gasteiger partial charge in [-0.3, -0.25) is 4.79 Å². The van der Waals surface area contributed by atoms with Crippen molar-refractivity contribution in [3.63, 3.8) is 0 Å². The zero-order chi connectivity index (χ0) is 19.9. The predicted octanol–water partition coefficient (Wildman–Crippen LogP) is 4.27. The van der Waals surface area contributed by atoms with E-state index in [4.69, 9.17) is 0 Å². The summed E-state index contributed by atoms with van der Waals surface area (Å²) in [5.74, 6) is 0.776. The summed E-state index contributed by atoms with van der Waals surface area (Å²) in [5, 5.41) is 13.4. The monoisotopic (exact) mass is 457 g/mol. The zero-order valence-corrected chi connectivity index (χ0v) is 18.0. The average Bonchev–Trinajstić information content (AvgIpc) is 3.08. The number of carbonyl (C=O) groups excluding carboxylic acids is 1. The minimum atomic E-state index is -0.182. The van der Waals surface area contributed by atoms with Crippen molar-refractivity contribution in [1.82, 2.24) is 20.2 Å². The smallest absolute Gasteiger partial charge is 0.250 e. The number of halogens is 1. The Morgan fingerprint density at radius 2 is 1.96 bits per heavy atom. The van der Waals surface area contributed by atoms with Crippen LogP contribution >= 0.6 is 27.7 Å². The number of thioether (sulfide) groups is 1. The van der Waals surface area contributed by atoms with Crippen LogP contribution in [0.1, 0.15) is 18.9 Å². The molecule has 0 saturated carbocycles. The molecule has 28 heavy (non-hydrogen) atoms. The van der Waals surface area contributed by atoms with E-state index in [1.807, 2.05) is 73.1 Å². The van der Waals surface area contributed by atoms with Crippen LogP contribution in [0, 0.1) is 0 Å². The van der Waals surface area contributed by atoms with E-state index < -0.39 is 0 Å². The molecule has 144 valence electrons. The van der Waals surface area contributed by atoms with E-state index in [0.29, 0.717) is 5.16 Å². The molecule has 1 amide bonds. The molecule has 6 nitrogen and oxygen atoms in total. The van der Waals surface area contributed by atoms with Crippen molar-refractivity contribution in [2.75, 3.05) is 5.75 Å². The highest BCUT2D eigenvalue weighted by Crippen LogP contribution is 2.24. The number of amides is 1. The van der Waals surface area contributed by atoms with Crippen LogP contribution in [0.4, 0.5) is 0 Å². The third kappa shape index (κ3) is 5.08. The number of nitrogens with one attached hydrogen (secondary N) is 1. The highest BCUT2D eigenvalue weighted by molar-refractivity contribution is 9.10. The van der Waals surface area contributed by atoms with E-state index in [2.05, 4.69) is 36.7 Å². The normalized spacial score (nSPS) is 11.5. The molecular weight excluding hydrogens is 438 g/mol. The minimum Gasteiger partial charge on any atom is -0.305 e. The van der Waals surface area contributed by atoms with Crippen LogP contribution in [0.15, 0.2) is 69.3 Å². The second-order valence-electron chi connectivity index (χ2n) is 5.98. The van der Waals surface area contributed by atoms with E-state index in [1.165, 1.54) is 11.8 Å². The molecule has 0 aliphatic carbocycles. The van der Waals surface area contributed by atoms with Crippen molar-refractivity contribution in [3.05, 3.63) is 64.6 Å². The molecule has 1 heterocycles. The molecule has 0 atom stereocenters. The molecule has 3 aromatic rings. The highest BCUT2D eigenvalue weighted by Gasteiger charge is 2.13. The fourth-order valence-electron chi connectivity index (χ4n) is 2.59. The van der Waals surface area contributed by atoms with Gasteiger partial charge >= 0.3 is 0 Å². The van der Waals surface area contributed by atoms with Crippen LogP contribution in [0.5, 0.6) is 0 Å². The van der Waals surface area contributed by atoms with Crippen molar-refractivity contribution in [3.8, 4) is 11.4 Å². The van der Waals surface area contributed by atoms with Gasteiger partial charge in [0.2, 0.25) is 0 Å². The fraction of sp³-hybridized carbons (Fsp3) is 0.200. The van der Waals surface area contributed by atoms with Crippen LogP contribution in [0.25, 0.3) is 11.4 Å². The van der Waals surface area contributed by atoms with Gasteiger partial charge in [-0.1, -0.05) is 77.1 Å². The van der Waals surface area contributed by atoms with Gasteiger partial charge in [0.05, 0.1) is 11.5 Å². The van der Waals surface area contributed by atoms with E-state index in [1.54, 1.807) is 0 Å². The zero-order valence-electron chi connectivity index (χ0n) is 15.6. The number of rotatable bonds is 7. The van der Waals surface area contributed by atoms with Crippen molar-refractivity contribution < 1.29 is 4.79 Å². The molecule has 0 radical (unpaired) electrons. The molecular formula is C20H20BrN5OS. The van der Waals surface area contributed by atoms with Gasteiger partial charge in [0, 0.05) is 17.1 Å². The topological polar surface area (TPSA) is 72.2 Å². The van der Waals surface area contributed by atoms with Crippen LogP contribution < -0.4 is 5.43 Å². The molecule has 3 rings (SSSR count). The molecule has 0 bridgehead atoms. The number of hydrazone groups is 1. The first-order valence-corrected chi connectivity index (χ1v) is 10.5. The van der Waals surface area contributed by atoms with Gasteiger partial charge in [-0.25, -0.2) is 5.43 Å². The predicted molar refractivity (Wildman–Crippen MR) is 116 cm³/mol. The summed E-state index contributed by atoms with van der Waals surface area (Å²) in [5.41, 5.74) is 5.44. The number of benzene rings is 2. The third-order valence-corrected chi connectivity index (χ3v) is 5.52. The van der Waals surface area contributed by atoms with Gasteiger partial charge in [0.1, 0.15) is 0 Å². The standard InChI is InChI=1S/C20H20BrN5OS/c1-3-17(14-8-5-4-6-9-14)22-23-18(27)13-28-20-25-24-19(26(20)2)15-10-7-11-16(21)12-15/h4-12H,3,13H2,1-2H3,(H,23,27). The van der Waals surface area contributed by atoms with Crippen LogP contribution in [-0.4, -0.2) is 32.1 Å². The molecule has 2 aromatic carbocycles. The summed E-state index contributed by atoms with van der Waals surface area (Å²) in [6.07, 6.45) is 0.733. The Hall–Kier alpha value is -2.45. The van der Waals surface area contributed by atoms with Gasteiger partial charge in [-0.2, -0.15) is 5.10 Å². The lowest BCUT2D eigenvalue weighted by Gasteiger charge is -2.06. The van der Waals surface area contributed by atoms with Crippen LogP contribution in [-0.2, 0) is 11.8 Å². The molecule has 1 aromatic heterocycles. The molecule has 0 spiro atoms. The Balaban J connectivity index is 1.61. The fourth-order valence-corrected chi connectivity index (χ4v) is 3.69. The van der Waals surface area contributed by atoms with Gasteiger partial charge in [0.15, 0.2) is 11.0 Å². The maximum absolute atomic E-state index is 12.2. The van der Waals surface area contributed by atoms with E-state index >= 15 is 0 Å². The lowest BCUT2D eigenvalue weighted by Crippen LogP contribution is -2.22. The van der Waals surface area contributed by atoms with Gasteiger partial charge < -0.3 is 4.57 Å². The van der Waals surface area contributed by atoms with E-state index in [9.17, 15) is 4.79 Å². The van der Waals surface area contributed by atoms with Gasteiger partial charge in [0.25, 0.3) is 5.91 Å². The number of aromatic nitrogens is 3. The third-order valence-electron chi connectivity index (χ3n) is 4.01. The summed E-state index contributed by atoms with van der Waals surface area (Å²) in [7, 11) is 1.89. The van der Waals surface area contributed by atoms with Gasteiger partial charge in [-0.15, -0.1) is 10.2 Å². The molecule has 1 N–H and O–H groups in total. The Bertz CT molecular complexity index is 987. The Kier molecular flexibility index (Phi) is 7.00. The number of nitrogens with zero attached hydrogens (tertiary/aromatic N) is 4. The number of hydrogen-bond donors (Lipinski definition) is 1. The second-order valence-corrected chi connectivity index (χ2v) is 7.84. The Morgan fingerprint density at radius 1 is 1.18 bits per heavy atom. The van der Waals surface area contributed by atoms with Crippen LogP contribution in [0.2, 0.25) is 0 Å². The van der Waals surface area contributed by atoms with Crippen molar-refractivity contribution >= 4 is 39.3 Å². The number of carbonyl (C=O) groups is 1. The largest absolute Gasteiger partial charge is 0.305 e. The summed E-state index contributed by atoms with van der Waals surface area (Å²) in [6, 6.07) is 17.7. The first kappa shape index (κ1) is 20.3. The first-order chi connectivity index (χ1) is 13.6. The summed E-state index contributed by atoms with van der Waals surface area (Å²) >= 11 is 4.79. The SMILES string of the molecule is CCC(=NNC(=O)CSc1nnc(-c2cccc(Br)c2)n1C)c1ccccc1. The van der Waals surface area contributed by atoms with Crippen molar-refractivity contribution in [1.29, 1.82) is 0 Å². The summed E-state index contributed by atoms with van der Waals surface area (Å²) in [6.45, 7) is 2.01. The molecule has 8 heteroatoms. The average molecular weight is 458 g/mol. The molecule has 0 unspecified atom stereocenters. The van der Waals surface area contributed by atoms with Crippen LogP contribution in [0.3, 0.4) is 0 Å². The quantitative estimate of drug-likeness (QED) is 0.326. The molecule has 0 aliphatic heterocycles. The number of hydrogen-bond acceptors (Lipinski definition) is 5. The van der Waals surface area contributed by atoms with Gasteiger partial charge in [-0.05, 0) is 24.1 Å². The molecule has 0 aliphatic rings. The summed E-state index contributed by atoms with van der Waals surface area (Å²) in [4.78, 5) is 12.2. The van der Waals surface area contributed by atoms with E-state index in [0.717, 1.165) is 33.6 Å². The van der Waals surface area contributed by atoms with Crippen molar-refractivity contribution in [2.24, 2.45) is 12.1 Å². The maximum Gasteiger partial charge on any atom is 0.250 e. The lowest BCUT2D eigenvalue weighted by atomic mass is 10.1. The second kappa shape index (κ2) is 9.66. The molecule has 0 saturated heterocycles. The Labute approximate surface area is 176 Å². The molecule has 0 fully saturated rings. The lowest BCUT2D eigenvalue weighted by molar-refractivity contribution is -0.118. The Morgan fingerprint density at radius 3 is 2.68 bits per heavy atom. The highest BCUT2D eigenvalue weighted by atomic mass is 79.9. The van der Waals surface area contributed by atoms with Crippen molar-refractivity contribution in [2.45, 2.75) is 18.5 Å². The summed E-state index contributed by atoms with van der Waals surface area (Å²) < 4.78 is 2.86. The maximum atomic E-state index is 12.2. The van der Waals surface area contributed by atoms with E-state index in [-0.39, 0.29) is 11.7 Å². The first-order valence-electron chi connectivity index (χ1n) is 8.77. The minimum absolute atomic E-state index is 0.182.